The van der Waals surface area contributed by atoms with E-state index in [1.165, 1.54) is 35.6 Å². The highest BCUT2D eigenvalue weighted by molar-refractivity contribution is 8.01. The Morgan fingerprint density at radius 3 is 2.79 bits per heavy atom. The zero-order valence-electron chi connectivity index (χ0n) is 12.1. The number of carbonyl (C=O) groups excluding carboxylic acids is 1. The van der Waals surface area contributed by atoms with Crippen molar-refractivity contribution in [3.63, 3.8) is 0 Å². The van der Waals surface area contributed by atoms with E-state index in [9.17, 15) is 13.6 Å². The molecule has 0 saturated carbocycles. The number of hydrogen-bond acceptors (Lipinski definition) is 5. The largest absolute Gasteiger partial charge is 0.398 e. The standard InChI is InChI=1S/C16H11F2N3OS2/c17-9-2-1-3-10(6-9)21-15(22)11-7-14(12(18)8-13(11)19)24-16-20-4-5-23-16/h1-8H,19H2,(H,21,22). The number of halogens is 2. The van der Waals surface area contributed by atoms with Crippen LogP contribution < -0.4 is 11.1 Å². The molecule has 0 saturated heterocycles. The predicted octanol–water partition coefficient (Wildman–Crippen LogP) is 4.41. The minimum absolute atomic E-state index is 0.00453. The van der Waals surface area contributed by atoms with Crippen LogP contribution in [-0.4, -0.2) is 10.9 Å². The van der Waals surface area contributed by atoms with Crippen LogP contribution in [0.4, 0.5) is 20.2 Å². The number of aromatic nitrogens is 1. The van der Waals surface area contributed by atoms with Crippen LogP contribution in [-0.2, 0) is 0 Å². The normalized spacial score (nSPS) is 10.6. The van der Waals surface area contributed by atoms with Gasteiger partial charge in [0.2, 0.25) is 0 Å². The molecule has 3 aromatic rings. The Balaban J connectivity index is 1.87. The number of benzene rings is 2. The summed E-state index contributed by atoms with van der Waals surface area (Å²) in [6, 6.07) is 7.93. The molecule has 0 unspecified atom stereocenters. The Hall–Kier alpha value is -2.45. The zero-order valence-corrected chi connectivity index (χ0v) is 13.8. The third-order valence-corrected chi connectivity index (χ3v) is 4.95. The van der Waals surface area contributed by atoms with Crippen molar-refractivity contribution in [1.82, 2.24) is 4.98 Å². The maximum absolute atomic E-state index is 14.1. The van der Waals surface area contributed by atoms with Gasteiger partial charge in [-0.3, -0.25) is 4.79 Å². The van der Waals surface area contributed by atoms with Gasteiger partial charge in [-0.05, 0) is 30.3 Å². The van der Waals surface area contributed by atoms with E-state index in [0.29, 0.717) is 4.34 Å². The summed E-state index contributed by atoms with van der Waals surface area (Å²) in [5, 5.41) is 4.31. The molecule has 0 fully saturated rings. The summed E-state index contributed by atoms with van der Waals surface area (Å²) in [5.41, 5.74) is 6.16. The Morgan fingerprint density at radius 1 is 1.25 bits per heavy atom. The van der Waals surface area contributed by atoms with Crippen molar-refractivity contribution in [3.8, 4) is 0 Å². The van der Waals surface area contributed by atoms with Crippen LogP contribution in [0.2, 0.25) is 0 Å². The molecular formula is C16H11F2N3OS2. The molecule has 4 nitrogen and oxygen atoms in total. The van der Waals surface area contributed by atoms with E-state index in [-0.39, 0.29) is 21.8 Å². The average molecular weight is 363 g/mol. The second-order valence-electron chi connectivity index (χ2n) is 4.73. The number of rotatable bonds is 4. The van der Waals surface area contributed by atoms with Gasteiger partial charge in [0.1, 0.15) is 11.6 Å². The van der Waals surface area contributed by atoms with Crippen LogP contribution in [0.15, 0.2) is 57.2 Å². The van der Waals surface area contributed by atoms with Gasteiger partial charge in [-0.15, -0.1) is 11.3 Å². The first kappa shape index (κ1) is 16.4. The fraction of sp³-hybridized carbons (Fsp3) is 0. The lowest BCUT2D eigenvalue weighted by Crippen LogP contribution is -2.14. The molecule has 0 atom stereocenters. The first-order valence-corrected chi connectivity index (χ1v) is 8.46. The number of thiazole rings is 1. The first-order chi connectivity index (χ1) is 11.5. The van der Waals surface area contributed by atoms with E-state index >= 15 is 0 Å². The molecular weight excluding hydrogens is 352 g/mol. The van der Waals surface area contributed by atoms with E-state index in [1.54, 1.807) is 17.6 Å². The molecule has 1 aromatic heterocycles. The van der Waals surface area contributed by atoms with Crippen molar-refractivity contribution in [2.75, 3.05) is 11.1 Å². The molecule has 0 spiro atoms. The summed E-state index contributed by atoms with van der Waals surface area (Å²) in [7, 11) is 0. The Bertz CT molecular complexity index is 885. The van der Waals surface area contributed by atoms with Gasteiger partial charge in [0.25, 0.3) is 5.91 Å². The molecule has 1 amide bonds. The molecule has 3 N–H and O–H groups in total. The molecule has 0 aliphatic rings. The van der Waals surface area contributed by atoms with Crippen LogP contribution in [0, 0.1) is 11.6 Å². The number of nitrogens with zero attached hydrogens (tertiary/aromatic N) is 1. The summed E-state index contributed by atoms with van der Waals surface area (Å²) < 4.78 is 27.9. The number of hydrogen-bond donors (Lipinski definition) is 2. The smallest absolute Gasteiger partial charge is 0.257 e. The van der Waals surface area contributed by atoms with Gasteiger partial charge in [0.05, 0.1) is 10.5 Å². The number of nitrogens with one attached hydrogen (secondary N) is 1. The number of amides is 1. The molecule has 0 bridgehead atoms. The van der Waals surface area contributed by atoms with Gasteiger partial charge in [-0.1, -0.05) is 17.8 Å². The van der Waals surface area contributed by atoms with Crippen molar-refractivity contribution in [3.05, 3.63) is 65.2 Å². The third-order valence-electron chi connectivity index (χ3n) is 3.04. The SMILES string of the molecule is Nc1cc(F)c(Sc2nccs2)cc1C(=O)Nc1cccc(F)c1. The van der Waals surface area contributed by atoms with Crippen molar-refractivity contribution < 1.29 is 13.6 Å². The molecule has 2 aromatic carbocycles. The molecule has 0 aliphatic heterocycles. The summed E-state index contributed by atoms with van der Waals surface area (Å²) in [5.74, 6) is -1.55. The minimum Gasteiger partial charge on any atom is -0.398 e. The molecule has 0 radical (unpaired) electrons. The van der Waals surface area contributed by atoms with Gasteiger partial charge in [0, 0.05) is 23.0 Å². The zero-order chi connectivity index (χ0) is 17.1. The fourth-order valence-electron chi connectivity index (χ4n) is 1.96. The van der Waals surface area contributed by atoms with Crippen LogP contribution in [0.25, 0.3) is 0 Å². The van der Waals surface area contributed by atoms with E-state index in [2.05, 4.69) is 10.3 Å². The summed E-state index contributed by atoms with van der Waals surface area (Å²) in [6.07, 6.45) is 1.61. The van der Waals surface area contributed by atoms with E-state index < -0.39 is 17.5 Å². The topological polar surface area (TPSA) is 68.0 Å². The van der Waals surface area contributed by atoms with Gasteiger partial charge >= 0.3 is 0 Å². The fourth-order valence-corrected chi connectivity index (χ4v) is 3.59. The van der Waals surface area contributed by atoms with Crippen LogP contribution in [0.5, 0.6) is 0 Å². The van der Waals surface area contributed by atoms with Gasteiger partial charge in [-0.2, -0.15) is 0 Å². The Kier molecular flexibility index (Phi) is 4.77. The van der Waals surface area contributed by atoms with Crippen LogP contribution >= 0.6 is 23.1 Å². The number of carbonyl (C=O) groups is 1. The molecule has 8 heteroatoms. The van der Waals surface area contributed by atoms with Gasteiger partial charge < -0.3 is 11.1 Å². The predicted molar refractivity (Wildman–Crippen MR) is 91.4 cm³/mol. The highest BCUT2D eigenvalue weighted by atomic mass is 32.2. The quantitative estimate of drug-likeness (QED) is 0.674. The van der Waals surface area contributed by atoms with Gasteiger partial charge in [-0.25, -0.2) is 13.8 Å². The molecule has 0 aliphatic carbocycles. The van der Waals surface area contributed by atoms with Crippen molar-refractivity contribution in [2.45, 2.75) is 9.24 Å². The lowest BCUT2D eigenvalue weighted by Gasteiger charge is -2.10. The van der Waals surface area contributed by atoms with E-state index in [0.717, 1.165) is 17.8 Å². The lowest BCUT2D eigenvalue weighted by molar-refractivity contribution is 0.102. The maximum atomic E-state index is 14.1. The summed E-state index contributed by atoms with van der Waals surface area (Å²) >= 11 is 2.47. The van der Waals surface area contributed by atoms with E-state index in [1.807, 2.05) is 0 Å². The number of anilines is 2. The van der Waals surface area contributed by atoms with Crippen molar-refractivity contribution in [2.24, 2.45) is 0 Å². The number of nitrogen functional groups attached to an aromatic ring is 1. The van der Waals surface area contributed by atoms with E-state index in [4.69, 9.17) is 5.73 Å². The maximum Gasteiger partial charge on any atom is 0.257 e. The Labute approximate surface area is 144 Å². The molecule has 1 heterocycles. The average Bonchev–Trinajstić information content (AvgIpc) is 3.03. The highest BCUT2D eigenvalue weighted by Crippen LogP contribution is 2.33. The second-order valence-corrected chi connectivity index (χ2v) is 6.92. The van der Waals surface area contributed by atoms with Crippen LogP contribution in [0.1, 0.15) is 10.4 Å². The molecule has 122 valence electrons. The van der Waals surface area contributed by atoms with Crippen molar-refractivity contribution >= 4 is 40.4 Å². The monoisotopic (exact) mass is 363 g/mol. The van der Waals surface area contributed by atoms with Gasteiger partial charge in [0.15, 0.2) is 4.34 Å². The summed E-state index contributed by atoms with van der Waals surface area (Å²) in [4.78, 5) is 16.7. The highest BCUT2D eigenvalue weighted by Gasteiger charge is 2.16. The van der Waals surface area contributed by atoms with Crippen molar-refractivity contribution in [1.29, 1.82) is 0 Å². The number of nitrogens with two attached hydrogens (primary N) is 1. The Morgan fingerprint density at radius 2 is 2.08 bits per heavy atom. The lowest BCUT2D eigenvalue weighted by atomic mass is 10.1. The minimum atomic E-state index is -0.543. The first-order valence-electron chi connectivity index (χ1n) is 6.76. The second kappa shape index (κ2) is 6.98. The summed E-state index contributed by atoms with van der Waals surface area (Å²) in [6.45, 7) is 0. The van der Waals surface area contributed by atoms with Crippen LogP contribution in [0.3, 0.4) is 0 Å². The third kappa shape index (κ3) is 3.72. The molecule has 3 rings (SSSR count). The molecule has 24 heavy (non-hydrogen) atoms.